The van der Waals surface area contributed by atoms with Gasteiger partial charge in [0.2, 0.25) is 0 Å². The van der Waals surface area contributed by atoms with Crippen molar-refractivity contribution in [3.05, 3.63) is 94.8 Å². The van der Waals surface area contributed by atoms with Crippen LogP contribution >= 0.6 is 0 Å². The van der Waals surface area contributed by atoms with Gasteiger partial charge in [-0.05, 0) is 97.8 Å². The zero-order chi connectivity index (χ0) is 26.2. The summed E-state index contributed by atoms with van der Waals surface area (Å²) < 4.78 is 52.6. The third-order valence-corrected chi connectivity index (χ3v) is 7.14. The molecule has 0 aliphatic carbocycles. The summed E-state index contributed by atoms with van der Waals surface area (Å²) in [4.78, 5) is 2.40. The van der Waals surface area contributed by atoms with E-state index >= 15 is 0 Å². The van der Waals surface area contributed by atoms with E-state index in [0.29, 0.717) is 24.5 Å². The molecule has 4 nitrogen and oxygen atoms in total. The van der Waals surface area contributed by atoms with Gasteiger partial charge in [0.1, 0.15) is 5.82 Å². The molecule has 0 saturated carbocycles. The van der Waals surface area contributed by atoms with Crippen LogP contribution < -0.4 is 9.47 Å². The Kier molecular flexibility index (Phi) is 9.47. The van der Waals surface area contributed by atoms with Gasteiger partial charge in [0.15, 0.2) is 23.1 Å². The van der Waals surface area contributed by atoms with E-state index in [0.717, 1.165) is 55.6 Å². The average Bonchev–Trinajstić information content (AvgIpc) is 2.91. The first-order valence-electron chi connectivity index (χ1n) is 12.8. The number of halogens is 3. The first-order valence-corrected chi connectivity index (χ1v) is 12.8. The lowest BCUT2D eigenvalue weighted by atomic mass is 9.76. The number of ether oxygens (including phenoxy) is 2. The molecule has 1 atom stereocenters. The Labute approximate surface area is 216 Å². The number of benzene rings is 3. The van der Waals surface area contributed by atoms with E-state index < -0.39 is 11.6 Å². The molecule has 1 aliphatic rings. The standard InChI is InChI=1S/C30H34F3NO3/c1-36-29-19-21(13-17-35)3-10-28(29)37-18-2-14-34-15-11-23(12-16-34)30(22-4-7-25(31)8-5-22)24-6-9-26(32)27(33)20-24/h3-10,19-20,23,30,35H,2,11-18H2,1H3. The summed E-state index contributed by atoms with van der Waals surface area (Å²) in [6.07, 6.45) is 3.24. The predicted octanol–water partition coefficient (Wildman–Crippen LogP) is 5.96. The molecule has 37 heavy (non-hydrogen) atoms. The number of methoxy groups -OCH3 is 1. The first kappa shape index (κ1) is 27.0. The molecule has 3 aromatic carbocycles. The molecule has 0 aromatic heterocycles. The Bertz CT molecular complexity index is 1150. The van der Waals surface area contributed by atoms with Crippen LogP contribution in [-0.4, -0.2) is 50.0 Å². The van der Waals surface area contributed by atoms with Crippen molar-refractivity contribution in [1.29, 1.82) is 0 Å². The summed E-state index contributed by atoms with van der Waals surface area (Å²) >= 11 is 0. The van der Waals surface area contributed by atoms with Crippen molar-refractivity contribution in [2.75, 3.05) is 40.0 Å². The minimum absolute atomic E-state index is 0.0888. The topological polar surface area (TPSA) is 41.9 Å². The van der Waals surface area contributed by atoms with Gasteiger partial charge in [-0.1, -0.05) is 24.3 Å². The Morgan fingerprint density at radius 2 is 1.62 bits per heavy atom. The highest BCUT2D eigenvalue weighted by atomic mass is 19.2. The van der Waals surface area contributed by atoms with E-state index in [1.165, 1.54) is 24.3 Å². The number of hydrogen-bond acceptors (Lipinski definition) is 4. The first-order chi connectivity index (χ1) is 18.0. The Hall–Kier alpha value is -3.03. The Morgan fingerprint density at radius 1 is 0.892 bits per heavy atom. The molecule has 0 spiro atoms. The van der Waals surface area contributed by atoms with E-state index in [2.05, 4.69) is 4.90 Å². The maximum absolute atomic E-state index is 14.1. The lowest BCUT2D eigenvalue weighted by Gasteiger charge is -2.36. The van der Waals surface area contributed by atoms with E-state index in [1.807, 2.05) is 18.2 Å². The van der Waals surface area contributed by atoms with Crippen LogP contribution in [0.15, 0.2) is 60.7 Å². The number of aliphatic hydroxyl groups is 1. The van der Waals surface area contributed by atoms with Crippen LogP contribution in [0.3, 0.4) is 0 Å². The highest BCUT2D eigenvalue weighted by molar-refractivity contribution is 5.43. The Balaban J connectivity index is 1.32. The van der Waals surface area contributed by atoms with Gasteiger partial charge in [-0.25, -0.2) is 13.2 Å². The highest BCUT2D eigenvalue weighted by Gasteiger charge is 2.29. The number of rotatable bonds is 11. The molecular formula is C30H34F3NO3. The van der Waals surface area contributed by atoms with Crippen molar-refractivity contribution < 1.29 is 27.8 Å². The number of nitrogens with zero attached hydrogens (tertiary/aromatic N) is 1. The SMILES string of the molecule is COc1cc(CCO)ccc1OCCCN1CCC(C(c2ccc(F)cc2)c2ccc(F)c(F)c2)CC1. The van der Waals surface area contributed by atoms with Gasteiger partial charge in [-0.3, -0.25) is 0 Å². The minimum Gasteiger partial charge on any atom is -0.493 e. The van der Waals surface area contributed by atoms with E-state index in [1.54, 1.807) is 25.3 Å². The maximum atomic E-state index is 14.1. The molecule has 0 amide bonds. The van der Waals surface area contributed by atoms with Crippen molar-refractivity contribution in [1.82, 2.24) is 4.90 Å². The molecule has 0 bridgehead atoms. The van der Waals surface area contributed by atoms with Crippen LogP contribution in [0.25, 0.3) is 0 Å². The number of piperidine rings is 1. The van der Waals surface area contributed by atoms with E-state index in [-0.39, 0.29) is 24.3 Å². The number of likely N-dealkylation sites (tertiary alicyclic amines) is 1. The molecule has 1 fully saturated rings. The van der Waals surface area contributed by atoms with Crippen molar-refractivity contribution in [2.45, 2.75) is 31.6 Å². The van der Waals surface area contributed by atoms with Crippen molar-refractivity contribution in [3.8, 4) is 11.5 Å². The Morgan fingerprint density at radius 3 is 2.30 bits per heavy atom. The van der Waals surface area contributed by atoms with Crippen molar-refractivity contribution in [3.63, 3.8) is 0 Å². The van der Waals surface area contributed by atoms with Gasteiger partial charge in [0.05, 0.1) is 13.7 Å². The highest BCUT2D eigenvalue weighted by Crippen LogP contribution is 2.38. The monoisotopic (exact) mass is 513 g/mol. The van der Waals surface area contributed by atoms with Crippen LogP contribution in [0.2, 0.25) is 0 Å². The molecule has 1 saturated heterocycles. The van der Waals surface area contributed by atoms with Gasteiger partial charge in [0, 0.05) is 19.1 Å². The molecule has 1 unspecified atom stereocenters. The second kappa shape index (κ2) is 13.0. The smallest absolute Gasteiger partial charge is 0.161 e. The molecule has 1 heterocycles. The third kappa shape index (κ3) is 7.05. The van der Waals surface area contributed by atoms with Crippen LogP contribution in [0, 0.1) is 23.4 Å². The lowest BCUT2D eigenvalue weighted by Crippen LogP contribution is -2.37. The maximum Gasteiger partial charge on any atom is 0.161 e. The zero-order valence-corrected chi connectivity index (χ0v) is 21.1. The van der Waals surface area contributed by atoms with Crippen LogP contribution in [0.5, 0.6) is 11.5 Å². The second-order valence-corrected chi connectivity index (χ2v) is 9.54. The fraction of sp³-hybridized carbons (Fsp3) is 0.400. The molecule has 198 valence electrons. The van der Waals surface area contributed by atoms with Crippen LogP contribution in [0.1, 0.15) is 41.9 Å². The molecule has 1 aliphatic heterocycles. The van der Waals surface area contributed by atoms with Crippen molar-refractivity contribution in [2.24, 2.45) is 5.92 Å². The zero-order valence-electron chi connectivity index (χ0n) is 21.1. The van der Waals surface area contributed by atoms with E-state index in [9.17, 15) is 13.2 Å². The summed E-state index contributed by atoms with van der Waals surface area (Å²) in [6, 6.07) is 16.1. The molecule has 0 radical (unpaired) electrons. The van der Waals surface area contributed by atoms with Gasteiger partial charge in [-0.15, -0.1) is 0 Å². The van der Waals surface area contributed by atoms with Gasteiger partial charge in [-0.2, -0.15) is 0 Å². The molecule has 7 heteroatoms. The van der Waals surface area contributed by atoms with Gasteiger partial charge < -0.3 is 19.5 Å². The van der Waals surface area contributed by atoms with Crippen LogP contribution in [-0.2, 0) is 6.42 Å². The predicted molar refractivity (Wildman–Crippen MR) is 138 cm³/mol. The summed E-state index contributed by atoms with van der Waals surface area (Å²) in [5.74, 6) is -0.568. The van der Waals surface area contributed by atoms with Gasteiger partial charge >= 0.3 is 0 Å². The molecule has 4 rings (SSSR count). The molecular weight excluding hydrogens is 479 g/mol. The number of aliphatic hydroxyl groups excluding tert-OH is 1. The van der Waals surface area contributed by atoms with Crippen molar-refractivity contribution >= 4 is 0 Å². The quantitative estimate of drug-likeness (QED) is 0.321. The fourth-order valence-electron chi connectivity index (χ4n) is 5.21. The average molecular weight is 514 g/mol. The largest absolute Gasteiger partial charge is 0.493 e. The molecule has 1 N–H and O–H groups in total. The normalized spacial score (nSPS) is 15.5. The lowest BCUT2D eigenvalue weighted by molar-refractivity contribution is 0.162. The van der Waals surface area contributed by atoms with Gasteiger partial charge in [0.25, 0.3) is 0 Å². The summed E-state index contributed by atoms with van der Waals surface area (Å²) in [7, 11) is 1.61. The second-order valence-electron chi connectivity index (χ2n) is 9.54. The fourth-order valence-corrected chi connectivity index (χ4v) is 5.21. The summed E-state index contributed by atoms with van der Waals surface area (Å²) in [5, 5.41) is 9.12. The minimum atomic E-state index is -0.864. The van der Waals surface area contributed by atoms with Crippen LogP contribution in [0.4, 0.5) is 13.2 Å². The molecule has 3 aromatic rings. The van der Waals surface area contributed by atoms with E-state index in [4.69, 9.17) is 14.6 Å². The summed E-state index contributed by atoms with van der Waals surface area (Å²) in [5.41, 5.74) is 2.63. The number of hydrogen-bond donors (Lipinski definition) is 1. The summed E-state index contributed by atoms with van der Waals surface area (Å²) in [6.45, 7) is 3.33. The third-order valence-electron chi connectivity index (χ3n) is 7.14.